The summed E-state index contributed by atoms with van der Waals surface area (Å²) in [6.07, 6.45) is 3.46. The smallest absolute Gasteiger partial charge is 0.250 e. The summed E-state index contributed by atoms with van der Waals surface area (Å²) in [5, 5.41) is 1.60. The van der Waals surface area contributed by atoms with Gasteiger partial charge in [-0.25, -0.2) is 4.98 Å². The second kappa shape index (κ2) is 6.30. The summed E-state index contributed by atoms with van der Waals surface area (Å²) in [5.41, 5.74) is 7.83. The molecule has 3 aromatic rings. The number of halogens is 1. The van der Waals surface area contributed by atoms with Crippen molar-refractivity contribution in [3.63, 3.8) is 0 Å². The van der Waals surface area contributed by atoms with Crippen LogP contribution in [-0.2, 0) is 6.54 Å². The maximum absolute atomic E-state index is 11.2. The van der Waals surface area contributed by atoms with E-state index in [1.165, 1.54) is 17.1 Å². The first kappa shape index (κ1) is 15.4. The van der Waals surface area contributed by atoms with Crippen molar-refractivity contribution >= 4 is 34.2 Å². The Morgan fingerprint density at radius 1 is 1.39 bits per heavy atom. The zero-order valence-corrected chi connectivity index (χ0v) is 13.5. The van der Waals surface area contributed by atoms with Crippen molar-refractivity contribution in [1.29, 1.82) is 0 Å². The zero-order chi connectivity index (χ0) is 16.4. The highest BCUT2D eigenvalue weighted by atomic mass is 35.5. The minimum Gasteiger partial charge on any atom is -0.366 e. The van der Waals surface area contributed by atoms with Gasteiger partial charge in [-0.15, -0.1) is 0 Å². The van der Waals surface area contributed by atoms with Gasteiger partial charge in [0.2, 0.25) is 5.91 Å². The fraction of sp³-hybridized carbons (Fsp3) is 0.176. The molecule has 3 rings (SSSR count). The number of primary amides is 1. The number of benzene rings is 1. The van der Waals surface area contributed by atoms with Gasteiger partial charge in [0.15, 0.2) is 0 Å². The fourth-order valence-corrected chi connectivity index (χ4v) is 2.89. The van der Waals surface area contributed by atoms with E-state index in [-0.39, 0.29) is 0 Å². The van der Waals surface area contributed by atoms with Crippen molar-refractivity contribution in [3.8, 4) is 0 Å². The number of carbonyl (C=O) groups is 1. The Morgan fingerprint density at radius 2 is 2.17 bits per heavy atom. The van der Waals surface area contributed by atoms with E-state index in [9.17, 15) is 4.79 Å². The number of para-hydroxylation sites is 1. The Balaban J connectivity index is 1.92. The summed E-state index contributed by atoms with van der Waals surface area (Å²) >= 11 is 6.29. The van der Waals surface area contributed by atoms with Crippen molar-refractivity contribution < 1.29 is 4.79 Å². The highest BCUT2D eigenvalue weighted by Gasteiger charge is 2.15. The van der Waals surface area contributed by atoms with Crippen LogP contribution in [0.4, 0.5) is 5.82 Å². The summed E-state index contributed by atoms with van der Waals surface area (Å²) in [6.45, 7) is 3.44. The maximum atomic E-state index is 11.2. The Morgan fingerprint density at radius 3 is 2.87 bits per heavy atom. The van der Waals surface area contributed by atoms with Gasteiger partial charge in [0.25, 0.3) is 0 Å². The maximum Gasteiger partial charge on any atom is 0.250 e. The minimum atomic E-state index is -0.536. The number of fused-ring (bicyclic) bond motifs is 1. The predicted octanol–water partition coefficient (Wildman–Crippen LogP) is 3.34. The highest BCUT2D eigenvalue weighted by Crippen LogP contribution is 2.27. The van der Waals surface area contributed by atoms with Crippen LogP contribution >= 0.6 is 11.6 Å². The van der Waals surface area contributed by atoms with E-state index in [4.69, 9.17) is 17.3 Å². The number of aromatic amines is 1. The lowest BCUT2D eigenvalue weighted by Gasteiger charge is -2.23. The van der Waals surface area contributed by atoms with Crippen molar-refractivity contribution in [3.05, 3.63) is 58.9 Å². The summed E-state index contributed by atoms with van der Waals surface area (Å²) in [7, 11) is 0. The SMILES string of the molecule is CCN(Cc1c[nH]c2ccccc12)c1ncc(C(N)=O)cc1Cl. The molecule has 0 saturated heterocycles. The molecule has 0 aliphatic carbocycles. The second-order valence-corrected chi connectivity index (χ2v) is 5.67. The molecule has 2 aromatic heterocycles. The van der Waals surface area contributed by atoms with E-state index < -0.39 is 5.91 Å². The molecule has 6 heteroatoms. The lowest BCUT2D eigenvalue weighted by atomic mass is 10.1. The number of anilines is 1. The van der Waals surface area contributed by atoms with Gasteiger partial charge in [-0.3, -0.25) is 4.79 Å². The number of rotatable bonds is 5. The lowest BCUT2D eigenvalue weighted by Crippen LogP contribution is -2.24. The number of H-pyrrole nitrogens is 1. The quantitative estimate of drug-likeness (QED) is 0.754. The molecule has 0 atom stereocenters. The first-order chi connectivity index (χ1) is 11.1. The van der Waals surface area contributed by atoms with Gasteiger partial charge in [-0.2, -0.15) is 0 Å². The molecule has 5 nitrogen and oxygen atoms in total. The molecule has 1 amide bonds. The van der Waals surface area contributed by atoms with Crippen LogP contribution in [0.25, 0.3) is 10.9 Å². The van der Waals surface area contributed by atoms with Crippen LogP contribution < -0.4 is 10.6 Å². The van der Waals surface area contributed by atoms with Gasteiger partial charge in [0.05, 0.1) is 10.6 Å². The molecule has 2 heterocycles. The second-order valence-electron chi connectivity index (χ2n) is 5.27. The lowest BCUT2D eigenvalue weighted by molar-refractivity contribution is 0.1000. The molecule has 0 saturated carbocycles. The van der Waals surface area contributed by atoms with Gasteiger partial charge < -0.3 is 15.6 Å². The minimum absolute atomic E-state index is 0.307. The topological polar surface area (TPSA) is 75.0 Å². The number of pyridine rings is 1. The standard InChI is InChI=1S/C17H17ClN4O/c1-2-22(17-14(18)7-11(8-21-17)16(19)23)10-12-9-20-15-6-4-3-5-13(12)15/h3-9,20H,2,10H2,1H3,(H2,19,23). The van der Waals surface area contributed by atoms with Gasteiger partial charge in [-0.05, 0) is 24.6 Å². The number of nitrogens with zero attached hydrogens (tertiary/aromatic N) is 2. The van der Waals surface area contributed by atoms with Crippen LogP contribution in [0.2, 0.25) is 5.02 Å². The Bertz CT molecular complexity index is 859. The molecule has 0 fully saturated rings. The summed E-state index contributed by atoms with van der Waals surface area (Å²) in [5.74, 6) is 0.107. The average Bonchev–Trinajstić information content (AvgIpc) is 2.96. The van der Waals surface area contributed by atoms with Crippen LogP contribution in [0.15, 0.2) is 42.7 Å². The summed E-state index contributed by atoms with van der Waals surface area (Å²) in [4.78, 5) is 20.9. The summed E-state index contributed by atoms with van der Waals surface area (Å²) in [6, 6.07) is 9.70. The number of carbonyl (C=O) groups excluding carboxylic acids is 1. The number of nitrogens with two attached hydrogens (primary N) is 1. The molecule has 0 aliphatic rings. The summed E-state index contributed by atoms with van der Waals surface area (Å²) < 4.78 is 0. The van der Waals surface area contributed by atoms with Crippen LogP contribution in [0.1, 0.15) is 22.8 Å². The van der Waals surface area contributed by atoms with Crippen molar-refractivity contribution in [2.75, 3.05) is 11.4 Å². The third-order valence-corrected chi connectivity index (χ3v) is 4.10. The first-order valence-electron chi connectivity index (χ1n) is 7.35. The van der Waals surface area contributed by atoms with Gasteiger partial charge in [0.1, 0.15) is 5.82 Å². The van der Waals surface area contributed by atoms with E-state index in [1.54, 1.807) is 6.07 Å². The Kier molecular flexibility index (Phi) is 4.21. The number of aromatic nitrogens is 2. The molecule has 23 heavy (non-hydrogen) atoms. The Hall–Kier alpha value is -2.53. The van der Waals surface area contributed by atoms with Gasteiger partial charge in [-0.1, -0.05) is 29.8 Å². The van der Waals surface area contributed by atoms with E-state index in [0.717, 1.165) is 12.1 Å². The zero-order valence-electron chi connectivity index (χ0n) is 12.7. The monoisotopic (exact) mass is 328 g/mol. The largest absolute Gasteiger partial charge is 0.366 e. The molecule has 0 bridgehead atoms. The molecule has 118 valence electrons. The van der Waals surface area contributed by atoms with Crippen LogP contribution in [-0.4, -0.2) is 22.4 Å². The molecule has 0 spiro atoms. The van der Waals surface area contributed by atoms with Crippen molar-refractivity contribution in [1.82, 2.24) is 9.97 Å². The third kappa shape index (κ3) is 3.00. The first-order valence-corrected chi connectivity index (χ1v) is 7.73. The molecule has 0 unspecified atom stereocenters. The molecule has 3 N–H and O–H groups in total. The number of hydrogen-bond donors (Lipinski definition) is 2. The normalized spacial score (nSPS) is 10.9. The highest BCUT2D eigenvalue weighted by molar-refractivity contribution is 6.33. The van der Waals surface area contributed by atoms with Gasteiger partial charge >= 0.3 is 0 Å². The average molecular weight is 329 g/mol. The van der Waals surface area contributed by atoms with E-state index in [2.05, 4.69) is 20.9 Å². The van der Waals surface area contributed by atoms with Crippen molar-refractivity contribution in [2.24, 2.45) is 5.73 Å². The van der Waals surface area contributed by atoms with Crippen LogP contribution in [0.5, 0.6) is 0 Å². The van der Waals surface area contributed by atoms with E-state index in [1.807, 2.05) is 31.3 Å². The number of amides is 1. The van der Waals surface area contributed by atoms with E-state index >= 15 is 0 Å². The number of nitrogens with one attached hydrogen (secondary N) is 1. The van der Waals surface area contributed by atoms with Gasteiger partial charge in [0, 0.05) is 36.4 Å². The van der Waals surface area contributed by atoms with Crippen LogP contribution in [0, 0.1) is 0 Å². The molecular weight excluding hydrogens is 312 g/mol. The molecule has 0 radical (unpaired) electrons. The Labute approximate surface area is 139 Å². The van der Waals surface area contributed by atoms with E-state index in [0.29, 0.717) is 22.9 Å². The molecular formula is C17H17ClN4O. The third-order valence-electron chi connectivity index (χ3n) is 3.82. The number of hydrogen-bond acceptors (Lipinski definition) is 3. The molecule has 0 aliphatic heterocycles. The molecule has 1 aromatic carbocycles. The predicted molar refractivity (Wildman–Crippen MR) is 92.8 cm³/mol. The fourth-order valence-electron chi connectivity index (χ4n) is 2.60. The van der Waals surface area contributed by atoms with Crippen LogP contribution in [0.3, 0.4) is 0 Å². The van der Waals surface area contributed by atoms with Crippen molar-refractivity contribution in [2.45, 2.75) is 13.5 Å².